The quantitative estimate of drug-likeness (QED) is 0.541. The molecule has 1 fully saturated rings. The number of fused-ring (bicyclic) bond motifs is 2. The van der Waals surface area contributed by atoms with Gasteiger partial charge in [-0.2, -0.15) is 0 Å². The summed E-state index contributed by atoms with van der Waals surface area (Å²) in [5, 5.41) is 4.39. The van der Waals surface area contributed by atoms with Crippen LogP contribution in [0.15, 0.2) is 60.8 Å². The number of aryl methyl sites for hydroxylation is 1. The maximum absolute atomic E-state index is 13.3. The van der Waals surface area contributed by atoms with Crippen LogP contribution in [0.1, 0.15) is 28.8 Å². The molecule has 36 heavy (non-hydrogen) atoms. The van der Waals surface area contributed by atoms with E-state index in [0.717, 1.165) is 48.0 Å². The Balaban J connectivity index is 1.24. The summed E-state index contributed by atoms with van der Waals surface area (Å²) in [7, 11) is 3.94. The molecule has 0 unspecified atom stereocenters. The van der Waals surface area contributed by atoms with E-state index in [-0.39, 0.29) is 17.9 Å². The van der Waals surface area contributed by atoms with Crippen LogP contribution in [-0.2, 0) is 11.2 Å². The van der Waals surface area contributed by atoms with Crippen LogP contribution in [-0.4, -0.2) is 77.9 Å². The Morgan fingerprint density at radius 2 is 2.03 bits per heavy atom. The van der Waals surface area contributed by atoms with Crippen molar-refractivity contribution in [1.82, 2.24) is 19.8 Å². The molecule has 2 aliphatic heterocycles. The third kappa shape index (κ3) is 5.23. The third-order valence-corrected chi connectivity index (χ3v) is 6.74. The molecule has 2 amide bonds. The Bertz CT molecular complexity index is 1300. The van der Waals surface area contributed by atoms with Crippen molar-refractivity contribution in [3.63, 3.8) is 0 Å². The van der Waals surface area contributed by atoms with Crippen molar-refractivity contribution in [3.8, 4) is 0 Å². The summed E-state index contributed by atoms with van der Waals surface area (Å²) in [6.45, 7) is 2.70. The fourth-order valence-electron chi connectivity index (χ4n) is 4.88. The van der Waals surface area contributed by atoms with E-state index in [1.165, 1.54) is 0 Å². The summed E-state index contributed by atoms with van der Waals surface area (Å²) in [6, 6.07) is 13.7. The molecule has 2 aliphatic rings. The number of nitrogens with one attached hydrogen (secondary N) is 1. The largest absolute Gasteiger partial charge is 0.350 e. The van der Waals surface area contributed by atoms with Gasteiger partial charge in [0.1, 0.15) is 0 Å². The fraction of sp³-hybridized carbons (Fsp3) is 0.357. The molecule has 8 heteroatoms. The fourth-order valence-corrected chi connectivity index (χ4v) is 4.88. The molecule has 2 aromatic carbocycles. The van der Waals surface area contributed by atoms with Gasteiger partial charge in [0.05, 0.1) is 5.52 Å². The molecule has 3 heterocycles. The van der Waals surface area contributed by atoms with E-state index in [4.69, 9.17) is 0 Å². The Labute approximate surface area is 211 Å². The molecule has 1 N–H and O–H groups in total. The number of hydrogen-bond donors (Lipinski definition) is 1. The van der Waals surface area contributed by atoms with E-state index < -0.39 is 0 Å². The molecule has 5 rings (SSSR count). The Kier molecular flexibility index (Phi) is 6.95. The number of carbonyl (C=O) groups excluding carboxylic acids is 2. The summed E-state index contributed by atoms with van der Waals surface area (Å²) in [4.78, 5) is 40.8. The average molecular weight is 485 g/mol. The van der Waals surface area contributed by atoms with Crippen molar-refractivity contribution in [2.45, 2.75) is 25.3 Å². The second-order valence-electron chi connectivity index (χ2n) is 9.74. The Hall–Kier alpha value is -3.78. The van der Waals surface area contributed by atoms with Gasteiger partial charge < -0.3 is 20.0 Å². The predicted molar refractivity (Wildman–Crippen MR) is 142 cm³/mol. The number of carbonyl (C=O) groups is 2. The monoisotopic (exact) mass is 484 g/mol. The van der Waals surface area contributed by atoms with Gasteiger partial charge in [-0.25, -0.2) is 9.97 Å². The van der Waals surface area contributed by atoms with E-state index in [1.807, 2.05) is 83.5 Å². The van der Waals surface area contributed by atoms with Gasteiger partial charge in [-0.05, 0) is 63.2 Å². The summed E-state index contributed by atoms with van der Waals surface area (Å²) in [5.41, 5.74) is 3.54. The number of anilines is 2. The van der Waals surface area contributed by atoms with Crippen molar-refractivity contribution in [2.24, 2.45) is 0 Å². The molecule has 0 spiro atoms. The van der Waals surface area contributed by atoms with Crippen LogP contribution in [0, 0.1) is 0 Å². The van der Waals surface area contributed by atoms with Crippen molar-refractivity contribution in [2.75, 3.05) is 50.5 Å². The summed E-state index contributed by atoms with van der Waals surface area (Å²) < 4.78 is 0. The zero-order chi connectivity index (χ0) is 25.1. The first-order chi connectivity index (χ1) is 17.5. The number of likely N-dealkylation sites (N-methyl/N-ethyl adjacent to an activating group) is 1. The number of nitrogens with zero attached hydrogens (tertiary/aromatic N) is 5. The van der Waals surface area contributed by atoms with E-state index in [2.05, 4.69) is 15.3 Å². The number of hydrogen-bond acceptors (Lipinski definition) is 6. The molecule has 0 bridgehead atoms. The van der Waals surface area contributed by atoms with Gasteiger partial charge in [-0.1, -0.05) is 24.3 Å². The molecule has 0 aliphatic carbocycles. The van der Waals surface area contributed by atoms with E-state index in [9.17, 15) is 9.59 Å². The van der Waals surface area contributed by atoms with Crippen LogP contribution in [0.5, 0.6) is 0 Å². The predicted octanol–water partition coefficient (Wildman–Crippen LogP) is 3.35. The third-order valence-electron chi connectivity index (χ3n) is 6.74. The number of amides is 2. The van der Waals surface area contributed by atoms with E-state index in [0.29, 0.717) is 31.1 Å². The zero-order valence-corrected chi connectivity index (χ0v) is 20.9. The summed E-state index contributed by atoms with van der Waals surface area (Å²) in [5.74, 6) is 0.600. The highest BCUT2D eigenvalue weighted by Gasteiger charge is 2.29. The maximum atomic E-state index is 13.3. The van der Waals surface area contributed by atoms with E-state index in [1.54, 1.807) is 6.08 Å². The molecule has 0 saturated carbocycles. The molecule has 1 atom stereocenters. The second-order valence-corrected chi connectivity index (χ2v) is 9.74. The summed E-state index contributed by atoms with van der Waals surface area (Å²) >= 11 is 0. The topological polar surface area (TPSA) is 81.7 Å². The first kappa shape index (κ1) is 23.9. The van der Waals surface area contributed by atoms with Gasteiger partial charge >= 0.3 is 0 Å². The smallest absolute Gasteiger partial charge is 0.253 e. The standard InChI is InChI=1S/C28H32N6O2/c1-32(2)14-6-10-26(35)34-15-5-8-20-17-21(11-12-25(20)34)27(36)33-16-13-23(19-33)30-28-29-18-22-7-3-4-9-24(22)31-28/h3-4,6-7,9-12,17-18,23H,5,8,13-16,19H2,1-2H3,(H,29,30,31)/b10-6+/t23-/m1/s1. The minimum Gasteiger partial charge on any atom is -0.350 e. The van der Waals surface area contributed by atoms with Crippen LogP contribution in [0.25, 0.3) is 10.9 Å². The number of likely N-dealkylation sites (tertiary alicyclic amines) is 1. The normalized spacial score (nSPS) is 17.7. The minimum absolute atomic E-state index is 0.0127. The Morgan fingerprint density at radius 3 is 2.89 bits per heavy atom. The molecule has 0 radical (unpaired) electrons. The first-order valence-electron chi connectivity index (χ1n) is 12.5. The lowest BCUT2D eigenvalue weighted by atomic mass is 9.98. The van der Waals surface area contributed by atoms with E-state index >= 15 is 0 Å². The maximum Gasteiger partial charge on any atom is 0.253 e. The molecule has 186 valence electrons. The van der Waals surface area contributed by atoms with Crippen molar-refractivity contribution >= 4 is 34.4 Å². The number of aromatic nitrogens is 2. The Morgan fingerprint density at radius 1 is 1.17 bits per heavy atom. The van der Waals surface area contributed by atoms with Crippen LogP contribution >= 0.6 is 0 Å². The minimum atomic E-state index is -0.0127. The van der Waals surface area contributed by atoms with Gasteiger partial charge in [0.15, 0.2) is 0 Å². The van der Waals surface area contributed by atoms with Crippen molar-refractivity contribution in [1.29, 1.82) is 0 Å². The number of para-hydroxylation sites is 1. The van der Waals surface area contributed by atoms with Gasteiger partial charge in [-0.3, -0.25) is 9.59 Å². The molecular weight excluding hydrogens is 452 g/mol. The van der Waals surface area contributed by atoms with Gasteiger partial charge in [0.2, 0.25) is 5.95 Å². The number of rotatable bonds is 6. The highest BCUT2D eigenvalue weighted by Crippen LogP contribution is 2.29. The van der Waals surface area contributed by atoms with Crippen LogP contribution < -0.4 is 10.2 Å². The second kappa shape index (κ2) is 10.5. The highest BCUT2D eigenvalue weighted by molar-refractivity contribution is 6.03. The SMILES string of the molecule is CN(C)C/C=C/C(=O)N1CCCc2cc(C(=O)N3CC[C@@H](Nc4ncc5ccccc5n4)C3)ccc21. The van der Waals surface area contributed by atoms with Crippen LogP contribution in [0.3, 0.4) is 0 Å². The molecule has 1 aromatic heterocycles. The molecule has 1 saturated heterocycles. The highest BCUT2D eigenvalue weighted by atomic mass is 16.2. The first-order valence-corrected chi connectivity index (χ1v) is 12.5. The summed E-state index contributed by atoms with van der Waals surface area (Å²) in [6.07, 6.45) is 7.95. The van der Waals surface area contributed by atoms with Crippen LogP contribution in [0.4, 0.5) is 11.6 Å². The lowest BCUT2D eigenvalue weighted by Crippen LogP contribution is -2.35. The van der Waals surface area contributed by atoms with Gasteiger partial charge in [0.25, 0.3) is 11.8 Å². The molecule has 8 nitrogen and oxygen atoms in total. The molecular formula is C28H32N6O2. The van der Waals surface area contributed by atoms with Crippen LogP contribution in [0.2, 0.25) is 0 Å². The van der Waals surface area contributed by atoms with Crippen molar-refractivity contribution in [3.05, 3.63) is 71.9 Å². The zero-order valence-electron chi connectivity index (χ0n) is 20.9. The lowest BCUT2D eigenvalue weighted by Gasteiger charge is -2.29. The number of benzene rings is 2. The van der Waals surface area contributed by atoms with Crippen molar-refractivity contribution < 1.29 is 9.59 Å². The van der Waals surface area contributed by atoms with Gasteiger partial charge in [-0.15, -0.1) is 0 Å². The lowest BCUT2D eigenvalue weighted by molar-refractivity contribution is -0.114. The van der Waals surface area contributed by atoms with Gasteiger partial charge in [0, 0.05) is 61.1 Å². The average Bonchev–Trinajstić information content (AvgIpc) is 3.35. The molecule has 3 aromatic rings.